The van der Waals surface area contributed by atoms with Crippen LogP contribution in [0.25, 0.3) is 16.7 Å². The van der Waals surface area contributed by atoms with Crippen molar-refractivity contribution in [1.29, 1.82) is 0 Å². The van der Waals surface area contributed by atoms with Gasteiger partial charge in [-0.3, -0.25) is 9.59 Å². The number of hydrogen-bond acceptors (Lipinski definition) is 3. The fourth-order valence-electron chi connectivity index (χ4n) is 4.33. The van der Waals surface area contributed by atoms with E-state index in [1.807, 2.05) is 13.8 Å². The summed E-state index contributed by atoms with van der Waals surface area (Å²) in [4.78, 5) is 26.0. The normalized spacial score (nSPS) is 15.2. The molecule has 0 radical (unpaired) electrons. The molecule has 1 heterocycles. The van der Waals surface area contributed by atoms with E-state index in [1.165, 1.54) is 12.1 Å². The van der Waals surface area contributed by atoms with Crippen molar-refractivity contribution in [1.82, 2.24) is 0 Å². The molecular formula is C24H23FN2O3. The molecule has 154 valence electrons. The Kier molecular flexibility index (Phi) is 4.94. The summed E-state index contributed by atoms with van der Waals surface area (Å²) < 4.78 is 21.5. The molecule has 2 aromatic carbocycles. The number of halogens is 1. The van der Waals surface area contributed by atoms with Crippen LogP contribution in [0.1, 0.15) is 41.8 Å². The molecule has 0 bridgehead atoms. The monoisotopic (exact) mass is 406 g/mol. The zero-order chi connectivity index (χ0) is 21.6. The molecule has 0 atom stereocenters. The molecule has 0 saturated carbocycles. The number of rotatable bonds is 3. The number of allylic oxidation sites excluding steroid dienone is 2. The first kappa shape index (κ1) is 19.9. The van der Waals surface area contributed by atoms with Crippen molar-refractivity contribution in [2.75, 3.05) is 18.1 Å². The molecular weight excluding hydrogens is 383 g/mol. The Morgan fingerprint density at radius 1 is 1.27 bits per heavy atom. The van der Waals surface area contributed by atoms with Gasteiger partial charge in [0, 0.05) is 23.2 Å². The van der Waals surface area contributed by atoms with Gasteiger partial charge in [-0.05, 0) is 61.6 Å². The van der Waals surface area contributed by atoms with Gasteiger partial charge in [-0.2, -0.15) is 0 Å². The summed E-state index contributed by atoms with van der Waals surface area (Å²) >= 11 is 0. The number of carbonyl (C=O) groups is 2. The highest BCUT2D eigenvalue weighted by molar-refractivity contribution is 6.04. The highest BCUT2D eigenvalue weighted by Gasteiger charge is 2.31. The highest BCUT2D eigenvalue weighted by Crippen LogP contribution is 2.47. The van der Waals surface area contributed by atoms with Gasteiger partial charge >= 0.3 is 0 Å². The topological polar surface area (TPSA) is 72.6 Å². The number of carbonyl (C=O) groups excluding carboxylic acids is 2. The summed E-state index contributed by atoms with van der Waals surface area (Å²) in [7, 11) is 0. The van der Waals surface area contributed by atoms with Crippen molar-refractivity contribution in [3.05, 3.63) is 65.0 Å². The second-order valence-corrected chi connectivity index (χ2v) is 7.63. The van der Waals surface area contributed by atoms with E-state index in [0.717, 1.165) is 16.7 Å². The minimum absolute atomic E-state index is 0.203. The maximum atomic E-state index is 15.5. The molecule has 2 aliphatic rings. The summed E-state index contributed by atoms with van der Waals surface area (Å²) in [5, 5.41) is 0. The molecule has 0 aromatic heterocycles. The van der Waals surface area contributed by atoms with Gasteiger partial charge in [-0.15, -0.1) is 0 Å². The smallest absolute Gasteiger partial charge is 0.250 e. The van der Waals surface area contributed by atoms with E-state index in [-0.39, 0.29) is 11.5 Å². The zero-order valence-electron chi connectivity index (χ0n) is 17.0. The van der Waals surface area contributed by atoms with E-state index in [9.17, 15) is 9.59 Å². The van der Waals surface area contributed by atoms with Gasteiger partial charge < -0.3 is 15.4 Å². The number of para-hydroxylation sites is 1. The van der Waals surface area contributed by atoms with Crippen molar-refractivity contribution < 1.29 is 18.7 Å². The Labute approximate surface area is 174 Å². The number of primary amides is 1. The number of amides is 2. The first-order valence-corrected chi connectivity index (χ1v) is 9.87. The van der Waals surface area contributed by atoms with Crippen molar-refractivity contribution in [2.45, 2.75) is 26.7 Å². The second-order valence-electron chi connectivity index (χ2n) is 7.63. The molecule has 5 nitrogen and oxygen atoms in total. The molecule has 30 heavy (non-hydrogen) atoms. The Hall–Kier alpha value is -3.41. The number of benzene rings is 2. The van der Waals surface area contributed by atoms with Crippen molar-refractivity contribution in [2.24, 2.45) is 5.73 Å². The lowest BCUT2D eigenvalue weighted by Gasteiger charge is -2.23. The van der Waals surface area contributed by atoms with Crippen LogP contribution in [0.5, 0.6) is 5.75 Å². The predicted octanol–water partition coefficient (Wildman–Crippen LogP) is 4.24. The van der Waals surface area contributed by atoms with Crippen LogP contribution in [0.15, 0.2) is 42.5 Å². The van der Waals surface area contributed by atoms with Crippen molar-refractivity contribution >= 4 is 23.1 Å². The molecule has 2 amide bonds. The molecule has 6 heteroatoms. The molecule has 0 saturated heterocycles. The maximum Gasteiger partial charge on any atom is 0.250 e. The van der Waals surface area contributed by atoms with Crippen molar-refractivity contribution in [3.8, 4) is 16.9 Å². The third-order valence-electron chi connectivity index (χ3n) is 5.88. The minimum atomic E-state index is -0.648. The van der Waals surface area contributed by atoms with Crippen LogP contribution >= 0.6 is 0 Å². The van der Waals surface area contributed by atoms with Gasteiger partial charge in [-0.1, -0.05) is 24.3 Å². The third kappa shape index (κ3) is 3.00. The SMILES string of the molecule is C=CC(=O)N1CCCOc2c(-c3c(F)cc(C(N)=O)c4c3C(C)=C(C)C4)cccc21. The van der Waals surface area contributed by atoms with E-state index in [4.69, 9.17) is 10.5 Å². The average Bonchev–Trinajstić information content (AvgIpc) is 2.90. The zero-order valence-corrected chi connectivity index (χ0v) is 17.0. The molecule has 2 N–H and O–H groups in total. The lowest BCUT2D eigenvalue weighted by atomic mass is 9.89. The summed E-state index contributed by atoms with van der Waals surface area (Å²) in [6.07, 6.45) is 2.45. The molecule has 2 aromatic rings. The number of nitrogens with zero attached hydrogens (tertiary/aromatic N) is 1. The van der Waals surface area contributed by atoms with E-state index < -0.39 is 11.7 Å². The molecule has 1 aliphatic heterocycles. The fourth-order valence-corrected chi connectivity index (χ4v) is 4.33. The van der Waals surface area contributed by atoms with Gasteiger partial charge in [0.25, 0.3) is 0 Å². The Morgan fingerprint density at radius 3 is 2.73 bits per heavy atom. The van der Waals surface area contributed by atoms with Crippen LogP contribution in [0.3, 0.4) is 0 Å². The summed E-state index contributed by atoms with van der Waals surface area (Å²) in [6, 6.07) is 6.56. The summed E-state index contributed by atoms with van der Waals surface area (Å²) in [6.45, 7) is 8.36. The average molecular weight is 406 g/mol. The molecule has 4 rings (SSSR count). The maximum absolute atomic E-state index is 15.5. The molecule has 1 aliphatic carbocycles. The molecule has 0 unspecified atom stereocenters. The van der Waals surface area contributed by atoms with Gasteiger partial charge in [0.15, 0.2) is 5.75 Å². The lowest BCUT2D eigenvalue weighted by Crippen LogP contribution is -2.29. The van der Waals surface area contributed by atoms with E-state index in [2.05, 4.69) is 6.58 Å². The van der Waals surface area contributed by atoms with E-state index >= 15 is 4.39 Å². The van der Waals surface area contributed by atoms with Gasteiger partial charge in [0.2, 0.25) is 11.8 Å². The van der Waals surface area contributed by atoms with Crippen LogP contribution < -0.4 is 15.4 Å². The standard InChI is InChI=1S/C24H23FN2O3/c1-4-20(28)27-9-6-10-30-23-15(7-5-8-19(23)27)22-18(25)12-17(24(26)29)16-11-13(2)14(3)21(16)22/h4-5,7-8,12H,1,6,9-11H2,2-3H3,(H2,26,29). The number of fused-ring (bicyclic) bond motifs is 2. The third-order valence-corrected chi connectivity index (χ3v) is 5.88. The Bertz CT molecular complexity index is 1130. The Balaban J connectivity index is 2.02. The number of ether oxygens (including phenoxy) is 1. The van der Waals surface area contributed by atoms with Gasteiger partial charge in [0.1, 0.15) is 5.82 Å². The lowest BCUT2D eigenvalue weighted by molar-refractivity contribution is -0.114. The number of anilines is 1. The minimum Gasteiger partial charge on any atom is -0.491 e. The van der Waals surface area contributed by atoms with E-state index in [0.29, 0.717) is 54.1 Å². The highest BCUT2D eigenvalue weighted by atomic mass is 19.1. The quantitative estimate of drug-likeness (QED) is 0.775. The largest absolute Gasteiger partial charge is 0.491 e. The van der Waals surface area contributed by atoms with Crippen LogP contribution in [0.4, 0.5) is 10.1 Å². The number of hydrogen-bond donors (Lipinski definition) is 1. The van der Waals surface area contributed by atoms with Crippen LogP contribution in [-0.4, -0.2) is 25.0 Å². The van der Waals surface area contributed by atoms with E-state index in [1.54, 1.807) is 23.1 Å². The molecule has 0 spiro atoms. The number of nitrogens with two attached hydrogens (primary N) is 1. The first-order chi connectivity index (χ1) is 14.3. The summed E-state index contributed by atoms with van der Waals surface area (Å²) in [5.41, 5.74) is 10.6. The Morgan fingerprint density at radius 2 is 2.03 bits per heavy atom. The first-order valence-electron chi connectivity index (χ1n) is 9.87. The van der Waals surface area contributed by atoms with Crippen LogP contribution in [-0.2, 0) is 11.2 Å². The van der Waals surface area contributed by atoms with Crippen LogP contribution in [0, 0.1) is 5.82 Å². The second kappa shape index (κ2) is 7.44. The van der Waals surface area contributed by atoms with Gasteiger partial charge in [0.05, 0.1) is 12.3 Å². The fraction of sp³-hybridized carbons (Fsp3) is 0.250. The summed E-state index contributed by atoms with van der Waals surface area (Å²) in [5.74, 6) is -0.972. The molecule has 0 fully saturated rings. The van der Waals surface area contributed by atoms with Gasteiger partial charge in [-0.25, -0.2) is 4.39 Å². The predicted molar refractivity (Wildman–Crippen MR) is 115 cm³/mol. The van der Waals surface area contributed by atoms with Crippen molar-refractivity contribution in [3.63, 3.8) is 0 Å². The van der Waals surface area contributed by atoms with Crippen LogP contribution in [0.2, 0.25) is 0 Å².